The summed E-state index contributed by atoms with van der Waals surface area (Å²) < 4.78 is 13.3. The Hall–Kier alpha value is -2.96. The summed E-state index contributed by atoms with van der Waals surface area (Å²) in [5, 5.41) is 12.0. The molecule has 1 aromatic heterocycles. The molecule has 1 atom stereocenters. The van der Waals surface area contributed by atoms with Crippen molar-refractivity contribution < 1.29 is 19.1 Å². The number of likely N-dealkylation sites (tertiary alicyclic amines) is 1. The predicted octanol–water partition coefficient (Wildman–Crippen LogP) is 2.51. The van der Waals surface area contributed by atoms with E-state index in [0.717, 1.165) is 0 Å². The minimum atomic E-state index is -0.894. The number of carboxylic acid groups (broad SMARTS) is 1. The van der Waals surface area contributed by atoms with Gasteiger partial charge in [0.1, 0.15) is 11.6 Å². The van der Waals surface area contributed by atoms with Crippen LogP contribution in [0.15, 0.2) is 42.6 Å². The van der Waals surface area contributed by atoms with E-state index in [1.54, 1.807) is 24.3 Å². The Labute approximate surface area is 137 Å². The lowest BCUT2D eigenvalue weighted by Gasteiger charge is -2.18. The van der Waals surface area contributed by atoms with Gasteiger partial charge in [0.15, 0.2) is 0 Å². The van der Waals surface area contributed by atoms with E-state index in [2.05, 4.69) is 10.3 Å². The van der Waals surface area contributed by atoms with Crippen LogP contribution in [-0.4, -0.2) is 40.0 Å². The Morgan fingerprint density at radius 3 is 2.83 bits per heavy atom. The monoisotopic (exact) mass is 329 g/mol. The summed E-state index contributed by atoms with van der Waals surface area (Å²) in [4.78, 5) is 29.4. The third kappa shape index (κ3) is 3.34. The largest absolute Gasteiger partial charge is 0.481 e. The highest BCUT2D eigenvalue weighted by Gasteiger charge is 2.32. The second-order valence-electron chi connectivity index (χ2n) is 5.61. The molecule has 0 spiro atoms. The van der Waals surface area contributed by atoms with Gasteiger partial charge in [0, 0.05) is 25.0 Å². The van der Waals surface area contributed by atoms with Gasteiger partial charge in [0.2, 0.25) is 0 Å². The first-order chi connectivity index (χ1) is 11.5. The van der Waals surface area contributed by atoms with Crippen LogP contribution in [0.1, 0.15) is 16.8 Å². The quantitative estimate of drug-likeness (QED) is 0.900. The molecule has 1 saturated heterocycles. The summed E-state index contributed by atoms with van der Waals surface area (Å²) in [7, 11) is 0. The minimum Gasteiger partial charge on any atom is -0.481 e. The van der Waals surface area contributed by atoms with Crippen molar-refractivity contribution in [3.05, 3.63) is 54.0 Å². The number of rotatable bonds is 4. The Morgan fingerprint density at radius 1 is 1.29 bits per heavy atom. The highest BCUT2D eigenvalue weighted by Crippen LogP contribution is 2.24. The van der Waals surface area contributed by atoms with Gasteiger partial charge in [-0.25, -0.2) is 9.37 Å². The minimum absolute atomic E-state index is 0.183. The number of carboxylic acids is 1. The number of amides is 1. The summed E-state index contributed by atoms with van der Waals surface area (Å²) in [5.74, 6) is -1.80. The zero-order valence-electron chi connectivity index (χ0n) is 12.8. The van der Waals surface area contributed by atoms with Crippen molar-refractivity contribution >= 4 is 23.4 Å². The normalized spacial score (nSPS) is 16.9. The van der Waals surface area contributed by atoms with Gasteiger partial charge in [0.25, 0.3) is 5.91 Å². The maximum absolute atomic E-state index is 13.3. The van der Waals surface area contributed by atoms with E-state index in [1.165, 1.54) is 23.2 Å². The van der Waals surface area contributed by atoms with Crippen molar-refractivity contribution in [2.24, 2.45) is 5.92 Å². The number of aliphatic carboxylic acids is 1. The molecule has 1 aliphatic heterocycles. The molecule has 3 rings (SSSR count). The molecule has 2 N–H and O–H groups in total. The van der Waals surface area contributed by atoms with Crippen LogP contribution in [0.3, 0.4) is 0 Å². The van der Waals surface area contributed by atoms with Gasteiger partial charge >= 0.3 is 5.97 Å². The zero-order valence-corrected chi connectivity index (χ0v) is 12.8. The number of anilines is 2. The van der Waals surface area contributed by atoms with E-state index in [-0.39, 0.29) is 12.5 Å². The van der Waals surface area contributed by atoms with Crippen LogP contribution in [0.25, 0.3) is 0 Å². The Balaban J connectivity index is 1.81. The number of halogens is 1. The van der Waals surface area contributed by atoms with Crippen molar-refractivity contribution in [3.8, 4) is 0 Å². The highest BCUT2D eigenvalue weighted by atomic mass is 19.1. The molecule has 1 amide bonds. The number of hydrogen-bond donors (Lipinski definition) is 2. The van der Waals surface area contributed by atoms with Gasteiger partial charge in [-0.3, -0.25) is 9.59 Å². The average Bonchev–Trinajstić information content (AvgIpc) is 3.05. The average molecular weight is 329 g/mol. The van der Waals surface area contributed by atoms with E-state index in [9.17, 15) is 14.0 Å². The lowest BCUT2D eigenvalue weighted by molar-refractivity contribution is -0.141. The molecule has 6 nitrogen and oxygen atoms in total. The second-order valence-corrected chi connectivity index (χ2v) is 5.61. The highest BCUT2D eigenvalue weighted by molar-refractivity contribution is 5.99. The van der Waals surface area contributed by atoms with Crippen molar-refractivity contribution in [2.45, 2.75) is 6.42 Å². The number of benzene rings is 1. The van der Waals surface area contributed by atoms with Crippen LogP contribution < -0.4 is 5.32 Å². The molecule has 2 heterocycles. The topological polar surface area (TPSA) is 82.5 Å². The van der Waals surface area contributed by atoms with Crippen molar-refractivity contribution in [1.29, 1.82) is 0 Å². The summed E-state index contributed by atoms with van der Waals surface area (Å²) >= 11 is 0. The Kier molecular flexibility index (Phi) is 4.41. The molecule has 1 aromatic carbocycles. The Bertz CT molecular complexity index is 781. The second kappa shape index (κ2) is 6.66. The van der Waals surface area contributed by atoms with Crippen LogP contribution in [0.2, 0.25) is 0 Å². The fourth-order valence-electron chi connectivity index (χ4n) is 2.70. The first kappa shape index (κ1) is 15.9. The number of hydrogen-bond acceptors (Lipinski definition) is 4. The summed E-state index contributed by atoms with van der Waals surface area (Å²) in [6, 6.07) is 9.10. The smallest absolute Gasteiger partial charge is 0.308 e. The Morgan fingerprint density at radius 2 is 2.12 bits per heavy atom. The standard InChI is InChI=1S/C17H16FN3O3/c18-12-3-1-4-13(9-12)20-15-14(5-2-7-19-15)16(22)21-8-6-11(10-21)17(23)24/h1-5,7,9,11H,6,8,10H2,(H,19,20)(H,23,24). The van der Waals surface area contributed by atoms with Crippen LogP contribution in [0.5, 0.6) is 0 Å². The lowest BCUT2D eigenvalue weighted by Crippen LogP contribution is -2.30. The lowest BCUT2D eigenvalue weighted by atomic mass is 10.1. The van der Waals surface area contributed by atoms with Gasteiger partial charge in [-0.15, -0.1) is 0 Å². The van der Waals surface area contributed by atoms with E-state index < -0.39 is 17.7 Å². The summed E-state index contributed by atoms with van der Waals surface area (Å²) in [6.45, 7) is 0.576. The molecule has 124 valence electrons. The predicted molar refractivity (Wildman–Crippen MR) is 85.6 cm³/mol. The number of nitrogens with zero attached hydrogens (tertiary/aromatic N) is 2. The SMILES string of the molecule is O=C(O)C1CCN(C(=O)c2cccnc2Nc2cccc(F)c2)C1. The van der Waals surface area contributed by atoms with Crippen LogP contribution >= 0.6 is 0 Å². The number of nitrogens with one attached hydrogen (secondary N) is 1. The van der Waals surface area contributed by atoms with E-state index >= 15 is 0 Å². The van der Waals surface area contributed by atoms with Crippen molar-refractivity contribution in [2.75, 3.05) is 18.4 Å². The molecule has 1 fully saturated rings. The molecule has 0 bridgehead atoms. The third-order valence-corrected chi connectivity index (χ3v) is 3.95. The van der Waals surface area contributed by atoms with Gasteiger partial charge in [-0.1, -0.05) is 6.07 Å². The first-order valence-corrected chi connectivity index (χ1v) is 7.54. The zero-order chi connectivity index (χ0) is 17.1. The fourth-order valence-corrected chi connectivity index (χ4v) is 2.70. The van der Waals surface area contributed by atoms with Crippen molar-refractivity contribution in [3.63, 3.8) is 0 Å². The number of carbonyl (C=O) groups is 2. The van der Waals surface area contributed by atoms with Gasteiger partial charge < -0.3 is 15.3 Å². The summed E-state index contributed by atoms with van der Waals surface area (Å²) in [5.41, 5.74) is 0.806. The molecule has 1 unspecified atom stereocenters. The van der Waals surface area contributed by atoms with Gasteiger partial charge in [0.05, 0.1) is 11.5 Å². The molecule has 24 heavy (non-hydrogen) atoms. The van der Waals surface area contributed by atoms with Crippen LogP contribution in [0.4, 0.5) is 15.9 Å². The molecule has 7 heteroatoms. The number of aromatic nitrogens is 1. The van der Waals surface area contributed by atoms with E-state index in [1.807, 2.05) is 0 Å². The molecule has 0 aliphatic carbocycles. The molecule has 0 radical (unpaired) electrons. The van der Waals surface area contributed by atoms with Gasteiger partial charge in [-0.2, -0.15) is 0 Å². The maximum Gasteiger partial charge on any atom is 0.308 e. The van der Waals surface area contributed by atoms with Crippen molar-refractivity contribution in [1.82, 2.24) is 9.88 Å². The molecule has 0 saturated carbocycles. The number of carbonyl (C=O) groups excluding carboxylic acids is 1. The van der Waals surface area contributed by atoms with E-state index in [0.29, 0.717) is 30.0 Å². The number of pyridine rings is 1. The fraction of sp³-hybridized carbons (Fsp3) is 0.235. The third-order valence-electron chi connectivity index (χ3n) is 3.95. The van der Waals surface area contributed by atoms with Crippen LogP contribution in [0, 0.1) is 11.7 Å². The maximum atomic E-state index is 13.3. The first-order valence-electron chi connectivity index (χ1n) is 7.54. The van der Waals surface area contributed by atoms with Crippen LogP contribution in [-0.2, 0) is 4.79 Å². The molecular weight excluding hydrogens is 313 g/mol. The summed E-state index contributed by atoms with van der Waals surface area (Å²) in [6.07, 6.45) is 1.97. The molecule has 2 aromatic rings. The molecule has 1 aliphatic rings. The molecular formula is C17H16FN3O3. The van der Waals surface area contributed by atoms with Gasteiger partial charge in [-0.05, 0) is 36.8 Å². The van der Waals surface area contributed by atoms with E-state index in [4.69, 9.17) is 5.11 Å².